The number of amides is 1. The molecule has 1 heterocycles. The Morgan fingerprint density at radius 2 is 2.00 bits per heavy atom. The molecule has 1 atom stereocenters. The Morgan fingerprint density at radius 1 is 1.38 bits per heavy atom. The summed E-state index contributed by atoms with van der Waals surface area (Å²) in [6.45, 7) is 7.18. The van der Waals surface area contributed by atoms with Crippen molar-refractivity contribution in [1.82, 2.24) is 4.90 Å². The van der Waals surface area contributed by atoms with Crippen LogP contribution in [0.5, 0.6) is 0 Å². The monoisotopic (exact) mass is 297 g/mol. The first-order valence-corrected chi connectivity index (χ1v) is 6.64. The molecule has 6 heteroatoms. The highest BCUT2D eigenvalue weighted by molar-refractivity contribution is 5.77. The fraction of sp³-hybridized carbons (Fsp3) is 0.600. The van der Waals surface area contributed by atoms with Gasteiger partial charge in [0.1, 0.15) is 11.4 Å². The lowest BCUT2D eigenvalue weighted by atomic mass is 9.96. The van der Waals surface area contributed by atoms with Gasteiger partial charge < -0.3 is 18.7 Å². The van der Waals surface area contributed by atoms with Crippen LogP contribution in [0.2, 0.25) is 0 Å². The number of furan rings is 1. The van der Waals surface area contributed by atoms with Crippen molar-refractivity contribution in [3.63, 3.8) is 0 Å². The van der Waals surface area contributed by atoms with Gasteiger partial charge >= 0.3 is 6.09 Å². The van der Waals surface area contributed by atoms with Gasteiger partial charge in [-0.05, 0) is 33.8 Å². The molecule has 1 amide bonds. The van der Waals surface area contributed by atoms with Crippen LogP contribution in [-0.2, 0) is 26.4 Å². The van der Waals surface area contributed by atoms with Gasteiger partial charge in [0.15, 0.2) is 11.8 Å². The summed E-state index contributed by atoms with van der Waals surface area (Å²) in [7, 11) is 3.05. The first-order valence-electron chi connectivity index (χ1n) is 6.64. The number of hydrogen-bond acceptors (Lipinski definition) is 5. The number of carbonyl (C=O) groups excluding carboxylic acids is 2. The minimum absolute atomic E-state index is 0.289. The normalized spacial score (nSPS) is 14.4. The van der Waals surface area contributed by atoms with E-state index in [0.29, 0.717) is 17.6 Å². The highest BCUT2D eigenvalue weighted by Crippen LogP contribution is 2.30. The van der Waals surface area contributed by atoms with Crippen molar-refractivity contribution in [2.24, 2.45) is 0 Å². The lowest BCUT2D eigenvalue weighted by molar-refractivity contribution is -0.118. The minimum atomic E-state index is -1.26. The summed E-state index contributed by atoms with van der Waals surface area (Å²) in [6, 6.07) is 1.71. The van der Waals surface area contributed by atoms with E-state index in [2.05, 4.69) is 0 Å². The minimum Gasteiger partial charge on any atom is -0.466 e. The molecule has 0 aliphatic heterocycles. The predicted octanol–water partition coefficient (Wildman–Crippen LogP) is 2.71. The smallest absolute Gasteiger partial charge is 0.411 e. The Kier molecular flexibility index (Phi) is 5.17. The number of rotatable bonds is 5. The Bertz CT molecular complexity index is 502. The Balaban J connectivity index is 3.11. The maximum Gasteiger partial charge on any atom is 0.411 e. The van der Waals surface area contributed by atoms with E-state index in [4.69, 9.17) is 13.9 Å². The molecule has 6 nitrogen and oxygen atoms in total. The summed E-state index contributed by atoms with van der Waals surface area (Å²) in [5.41, 5.74) is -1.20. The zero-order chi connectivity index (χ0) is 16.3. The summed E-state index contributed by atoms with van der Waals surface area (Å²) < 4.78 is 15.8. The van der Waals surface area contributed by atoms with E-state index in [-0.39, 0.29) is 6.61 Å². The van der Waals surface area contributed by atoms with Crippen molar-refractivity contribution in [3.05, 3.63) is 23.7 Å². The molecule has 0 bridgehead atoms. The summed E-state index contributed by atoms with van der Waals surface area (Å²) in [5.74, 6) is 0.368. The van der Waals surface area contributed by atoms with Crippen molar-refractivity contribution in [2.45, 2.75) is 45.4 Å². The number of carbonyl (C=O) groups is 2. The van der Waals surface area contributed by atoms with Crippen LogP contribution < -0.4 is 0 Å². The second-order valence-corrected chi connectivity index (χ2v) is 6.01. The third-order valence-corrected chi connectivity index (χ3v) is 3.10. The summed E-state index contributed by atoms with van der Waals surface area (Å²) >= 11 is 0. The van der Waals surface area contributed by atoms with Gasteiger partial charge in [0.05, 0.1) is 12.9 Å². The molecule has 0 radical (unpaired) electrons. The van der Waals surface area contributed by atoms with Gasteiger partial charge in [-0.25, -0.2) is 4.79 Å². The average molecular weight is 297 g/mol. The lowest BCUT2D eigenvalue weighted by Crippen LogP contribution is -2.48. The quantitative estimate of drug-likeness (QED) is 0.782. The molecular formula is C15H23NO5. The second kappa shape index (κ2) is 6.30. The molecule has 1 aromatic rings. The molecule has 21 heavy (non-hydrogen) atoms. The van der Waals surface area contributed by atoms with E-state index in [1.165, 1.54) is 18.2 Å². The van der Waals surface area contributed by atoms with E-state index in [0.717, 1.165) is 0 Å². The Hall–Kier alpha value is -1.82. The number of methoxy groups -OCH3 is 1. The van der Waals surface area contributed by atoms with Crippen molar-refractivity contribution in [2.75, 3.05) is 14.2 Å². The molecule has 0 spiro atoms. The Labute approximate surface area is 125 Å². The number of aldehydes is 1. The molecular weight excluding hydrogens is 274 g/mol. The van der Waals surface area contributed by atoms with E-state index in [9.17, 15) is 9.59 Å². The van der Waals surface area contributed by atoms with E-state index in [1.54, 1.807) is 40.9 Å². The maximum absolute atomic E-state index is 12.2. The molecule has 118 valence electrons. The highest BCUT2D eigenvalue weighted by atomic mass is 16.6. The van der Waals surface area contributed by atoms with Gasteiger partial charge in [0.2, 0.25) is 0 Å². The van der Waals surface area contributed by atoms with Crippen molar-refractivity contribution in [1.29, 1.82) is 0 Å². The molecule has 0 fully saturated rings. The first kappa shape index (κ1) is 17.2. The fourth-order valence-corrected chi connectivity index (χ4v) is 1.85. The molecule has 1 unspecified atom stereocenters. The maximum atomic E-state index is 12.2. The molecule has 0 aromatic carbocycles. The van der Waals surface area contributed by atoms with E-state index >= 15 is 0 Å². The molecule has 1 aromatic heterocycles. The summed E-state index contributed by atoms with van der Waals surface area (Å²) in [4.78, 5) is 25.1. The Morgan fingerprint density at radius 3 is 2.48 bits per heavy atom. The fourth-order valence-electron chi connectivity index (χ4n) is 1.85. The molecule has 1 rings (SSSR count). The predicted molar refractivity (Wildman–Crippen MR) is 76.8 cm³/mol. The second-order valence-electron chi connectivity index (χ2n) is 6.01. The number of ether oxygens (including phenoxy) is 2. The number of likely N-dealkylation sites (N-methyl/N-ethyl adjacent to an activating group) is 1. The van der Waals surface area contributed by atoms with Crippen LogP contribution >= 0.6 is 0 Å². The van der Waals surface area contributed by atoms with Crippen LogP contribution in [-0.4, -0.2) is 37.0 Å². The lowest BCUT2D eigenvalue weighted by Gasteiger charge is -2.34. The standard InChI is InChI=1S/C15H23NO5/c1-14(2,3)21-13(18)16(5)15(4,10-17)12-11(9-19-6)7-8-20-12/h7-8,10H,9H2,1-6H3. The van der Waals surface area contributed by atoms with Crippen LogP contribution in [0.4, 0.5) is 4.79 Å². The van der Waals surface area contributed by atoms with Crippen LogP contribution in [0, 0.1) is 0 Å². The SMILES string of the molecule is COCc1ccoc1C(C)(C=O)N(C)C(=O)OC(C)(C)C. The van der Waals surface area contributed by atoms with Crippen LogP contribution in [0.25, 0.3) is 0 Å². The molecule has 0 N–H and O–H groups in total. The van der Waals surface area contributed by atoms with Gasteiger partial charge in [-0.3, -0.25) is 4.90 Å². The van der Waals surface area contributed by atoms with Crippen molar-refractivity contribution < 1.29 is 23.5 Å². The van der Waals surface area contributed by atoms with Gasteiger partial charge in [-0.15, -0.1) is 0 Å². The zero-order valence-electron chi connectivity index (χ0n) is 13.4. The van der Waals surface area contributed by atoms with Crippen LogP contribution in [0.3, 0.4) is 0 Å². The van der Waals surface area contributed by atoms with E-state index < -0.39 is 17.2 Å². The first-order chi connectivity index (χ1) is 9.65. The molecule has 0 saturated carbocycles. The van der Waals surface area contributed by atoms with Crippen LogP contribution in [0.1, 0.15) is 39.0 Å². The largest absolute Gasteiger partial charge is 0.466 e. The van der Waals surface area contributed by atoms with Crippen molar-refractivity contribution >= 4 is 12.4 Å². The zero-order valence-corrected chi connectivity index (χ0v) is 13.4. The number of nitrogens with zero attached hydrogens (tertiary/aromatic N) is 1. The topological polar surface area (TPSA) is 69.0 Å². The molecule has 0 aliphatic rings. The van der Waals surface area contributed by atoms with Crippen molar-refractivity contribution in [3.8, 4) is 0 Å². The van der Waals surface area contributed by atoms with Gasteiger partial charge in [0.25, 0.3) is 0 Å². The number of hydrogen-bond donors (Lipinski definition) is 0. The average Bonchev–Trinajstić information content (AvgIpc) is 2.84. The van der Waals surface area contributed by atoms with Gasteiger partial charge in [-0.2, -0.15) is 0 Å². The highest BCUT2D eigenvalue weighted by Gasteiger charge is 2.40. The summed E-state index contributed by atoms with van der Waals surface area (Å²) in [6.07, 6.45) is 1.53. The van der Waals surface area contributed by atoms with E-state index in [1.807, 2.05) is 0 Å². The third-order valence-electron chi connectivity index (χ3n) is 3.10. The van der Waals surface area contributed by atoms with Gasteiger partial charge in [-0.1, -0.05) is 0 Å². The van der Waals surface area contributed by atoms with Crippen LogP contribution in [0.15, 0.2) is 16.7 Å². The molecule has 0 saturated heterocycles. The van der Waals surface area contributed by atoms with Gasteiger partial charge in [0, 0.05) is 19.7 Å². The molecule has 0 aliphatic carbocycles. The summed E-state index contributed by atoms with van der Waals surface area (Å²) in [5, 5.41) is 0. The third kappa shape index (κ3) is 3.85.